The summed E-state index contributed by atoms with van der Waals surface area (Å²) in [6, 6.07) is 7.43. The first-order valence-electron chi connectivity index (χ1n) is 22.5. The molecule has 0 atom stereocenters. The predicted molar refractivity (Wildman–Crippen MR) is 242 cm³/mol. The molecule has 0 aliphatic carbocycles. The molecule has 3 aliphatic heterocycles. The molecule has 354 valence electrons. The third-order valence-corrected chi connectivity index (χ3v) is 13.5. The van der Waals surface area contributed by atoms with E-state index in [1.165, 1.54) is 69.8 Å². The molecule has 0 bridgehead atoms. The fraction of sp³-hybridized carbons (Fsp3) is 0.438. The van der Waals surface area contributed by atoms with Gasteiger partial charge in [-0.05, 0) is 89.0 Å². The van der Waals surface area contributed by atoms with Crippen LogP contribution in [0.25, 0.3) is 0 Å². The fourth-order valence-electron chi connectivity index (χ4n) is 9.68. The maximum Gasteiger partial charge on any atom is 0.257 e. The van der Waals surface area contributed by atoms with Crippen LogP contribution in [0.5, 0.6) is 51.7 Å². The Morgan fingerprint density at radius 1 is 0.348 bits per heavy atom. The minimum Gasteiger partial charge on any atom is -0.504 e. The van der Waals surface area contributed by atoms with Gasteiger partial charge in [-0.1, -0.05) is 20.8 Å². The number of carbonyl (C=O) groups excluding carboxylic acids is 3. The molecule has 4 aromatic carbocycles. The van der Waals surface area contributed by atoms with Gasteiger partial charge in [-0.3, -0.25) is 29.1 Å². The summed E-state index contributed by atoms with van der Waals surface area (Å²) in [4.78, 5) is 52.3. The van der Waals surface area contributed by atoms with Crippen molar-refractivity contribution in [2.45, 2.75) is 59.7 Å². The number of hydrogen-bond acceptors (Lipinski definition) is 15. The number of aromatic hydroxyl groups is 9. The molecule has 3 fully saturated rings. The van der Waals surface area contributed by atoms with Gasteiger partial charge in [0.25, 0.3) is 17.7 Å². The number of phenolic OH excluding ortho intramolecular Hbond substituents is 9. The Labute approximate surface area is 383 Å². The van der Waals surface area contributed by atoms with Crippen LogP contribution in [-0.2, 0) is 38.9 Å². The Balaban J connectivity index is 1.14. The second kappa shape index (κ2) is 19.9. The molecule has 0 saturated carbocycles. The van der Waals surface area contributed by atoms with Crippen LogP contribution in [0, 0.1) is 0 Å². The highest BCUT2D eigenvalue weighted by atomic mass is 16.3. The molecule has 0 aromatic heterocycles. The quantitative estimate of drug-likeness (QED) is 0.0922. The van der Waals surface area contributed by atoms with Crippen LogP contribution in [0.4, 0.5) is 0 Å². The minimum absolute atomic E-state index is 0.0873. The summed E-state index contributed by atoms with van der Waals surface area (Å²) in [5, 5.41) is 90.9. The van der Waals surface area contributed by atoms with E-state index in [-0.39, 0.29) is 16.7 Å². The number of piperazine rings is 3. The molecule has 18 heteroatoms. The van der Waals surface area contributed by atoms with Gasteiger partial charge in [0, 0.05) is 98.2 Å². The van der Waals surface area contributed by atoms with Crippen LogP contribution in [0.2, 0.25) is 0 Å². The molecular formula is C48H60N6O12. The summed E-state index contributed by atoms with van der Waals surface area (Å²) in [5.41, 5.74) is 7.20. The lowest BCUT2D eigenvalue weighted by Gasteiger charge is -2.39. The van der Waals surface area contributed by atoms with Crippen molar-refractivity contribution >= 4 is 17.7 Å². The summed E-state index contributed by atoms with van der Waals surface area (Å²) in [6.07, 6.45) is 2.28. The summed E-state index contributed by atoms with van der Waals surface area (Å²) < 4.78 is 0. The number of nitrogens with zero attached hydrogens (tertiary/aromatic N) is 6. The van der Waals surface area contributed by atoms with Crippen molar-refractivity contribution in [1.29, 1.82) is 0 Å². The number of rotatable bonds is 12. The lowest BCUT2D eigenvalue weighted by molar-refractivity contribution is 0.0620. The topological polar surface area (TPSA) is 253 Å². The van der Waals surface area contributed by atoms with E-state index in [1.54, 1.807) is 14.7 Å². The Morgan fingerprint density at radius 2 is 0.576 bits per heavy atom. The fourth-order valence-corrected chi connectivity index (χ4v) is 9.68. The molecule has 9 N–H and O–H groups in total. The molecule has 3 amide bonds. The third-order valence-electron chi connectivity index (χ3n) is 13.5. The second-order valence-electron chi connectivity index (χ2n) is 17.1. The molecule has 0 unspecified atom stereocenters. The van der Waals surface area contributed by atoms with E-state index in [1.807, 2.05) is 0 Å². The zero-order chi connectivity index (χ0) is 47.6. The van der Waals surface area contributed by atoms with Gasteiger partial charge in [0.1, 0.15) is 0 Å². The maximum atomic E-state index is 13.5. The van der Waals surface area contributed by atoms with E-state index in [9.17, 15) is 60.3 Å². The number of hydrogen-bond donors (Lipinski definition) is 9. The van der Waals surface area contributed by atoms with E-state index in [2.05, 4.69) is 35.5 Å². The smallest absolute Gasteiger partial charge is 0.257 e. The molecule has 7 rings (SSSR count). The summed E-state index contributed by atoms with van der Waals surface area (Å²) in [6.45, 7) is 14.0. The molecule has 66 heavy (non-hydrogen) atoms. The number of phenols is 9. The van der Waals surface area contributed by atoms with Crippen molar-refractivity contribution in [2.24, 2.45) is 0 Å². The van der Waals surface area contributed by atoms with Crippen molar-refractivity contribution in [3.63, 3.8) is 0 Å². The van der Waals surface area contributed by atoms with Gasteiger partial charge in [0.2, 0.25) is 17.2 Å². The van der Waals surface area contributed by atoms with Crippen molar-refractivity contribution in [3.8, 4) is 51.7 Å². The first-order chi connectivity index (χ1) is 31.6. The normalized spacial score (nSPS) is 16.5. The van der Waals surface area contributed by atoms with Crippen LogP contribution >= 0.6 is 0 Å². The van der Waals surface area contributed by atoms with Crippen molar-refractivity contribution in [2.75, 3.05) is 78.5 Å². The van der Waals surface area contributed by atoms with Crippen molar-refractivity contribution < 1.29 is 60.3 Å². The van der Waals surface area contributed by atoms with E-state index in [0.717, 1.165) is 19.3 Å². The largest absolute Gasteiger partial charge is 0.504 e. The van der Waals surface area contributed by atoms with Gasteiger partial charge in [-0.2, -0.15) is 0 Å². The maximum absolute atomic E-state index is 13.5. The molecule has 0 radical (unpaired) electrons. The Kier molecular flexibility index (Phi) is 14.2. The van der Waals surface area contributed by atoms with Crippen LogP contribution in [0.1, 0.15) is 85.2 Å². The zero-order valence-electron chi connectivity index (χ0n) is 37.6. The van der Waals surface area contributed by atoms with Crippen LogP contribution < -0.4 is 0 Å². The monoisotopic (exact) mass is 912 g/mol. The average Bonchev–Trinajstić information content (AvgIpc) is 3.32. The van der Waals surface area contributed by atoms with Gasteiger partial charge >= 0.3 is 0 Å². The molecule has 3 saturated heterocycles. The van der Waals surface area contributed by atoms with Gasteiger partial charge in [0.05, 0.1) is 16.7 Å². The lowest BCUT2D eigenvalue weighted by Crippen LogP contribution is -2.49. The Morgan fingerprint density at radius 3 is 0.788 bits per heavy atom. The van der Waals surface area contributed by atoms with Crippen LogP contribution in [-0.4, -0.2) is 172 Å². The molecule has 18 nitrogen and oxygen atoms in total. The lowest BCUT2D eigenvalue weighted by atomic mass is 9.82. The third kappa shape index (κ3) is 9.25. The Hall–Kier alpha value is -6.63. The molecule has 0 spiro atoms. The van der Waals surface area contributed by atoms with Crippen molar-refractivity contribution in [3.05, 3.63) is 86.5 Å². The number of carbonyl (C=O) groups is 3. The van der Waals surface area contributed by atoms with Crippen LogP contribution in [0.15, 0.2) is 36.4 Å². The predicted octanol–water partition coefficient (Wildman–Crippen LogP) is 3.60. The summed E-state index contributed by atoms with van der Waals surface area (Å²) in [5.74, 6) is -7.07. The highest BCUT2D eigenvalue weighted by molar-refractivity contribution is 5.99. The Bertz CT molecular complexity index is 2200. The second-order valence-corrected chi connectivity index (χ2v) is 17.1. The first-order valence-corrected chi connectivity index (χ1v) is 22.5. The molecular weight excluding hydrogens is 853 g/mol. The van der Waals surface area contributed by atoms with Gasteiger partial charge in [0.15, 0.2) is 34.5 Å². The number of amides is 3. The van der Waals surface area contributed by atoms with Crippen LogP contribution in [0.3, 0.4) is 0 Å². The van der Waals surface area contributed by atoms with E-state index < -0.39 is 69.5 Å². The van der Waals surface area contributed by atoms with Gasteiger partial charge in [-0.25, -0.2) is 0 Å². The highest BCUT2D eigenvalue weighted by Crippen LogP contribution is 2.41. The zero-order valence-corrected chi connectivity index (χ0v) is 37.6. The highest BCUT2D eigenvalue weighted by Gasteiger charge is 2.32. The molecule has 3 heterocycles. The summed E-state index contributed by atoms with van der Waals surface area (Å²) in [7, 11) is 0. The minimum atomic E-state index is -0.738. The van der Waals surface area contributed by atoms with E-state index in [4.69, 9.17) is 0 Å². The summed E-state index contributed by atoms with van der Waals surface area (Å²) >= 11 is 0. The standard InChI is InChI=1S/C48H60N6O12/c1-4-28-34(25-49-13-19-52(20-14-49)46(64)31-7-10-37(55)43(61)40(31)58)29(5-2)36(27-51-17-23-54(24-18-51)48(66)33-9-12-39(57)45(63)42(33)60)30(6-3)35(28)26-50-15-21-53(22-16-50)47(65)32-8-11-38(56)44(62)41(32)59/h7-12,55-63H,4-6,13-27H2,1-3H3. The molecule has 3 aliphatic rings. The van der Waals surface area contributed by atoms with E-state index >= 15 is 0 Å². The van der Waals surface area contributed by atoms with Gasteiger partial charge in [-0.15, -0.1) is 0 Å². The average molecular weight is 913 g/mol. The number of benzene rings is 4. The first kappa shape index (κ1) is 47.3. The SMILES string of the molecule is CCc1c(CN2CCN(C(=O)c3ccc(O)c(O)c3O)CC2)c(CC)c(CN2CCN(C(=O)c3ccc(O)c(O)c3O)CC2)c(CC)c1CN1CCN(C(=O)c2ccc(O)c(O)c2O)CC1. The molecule has 4 aromatic rings. The van der Waals surface area contributed by atoms with Crippen molar-refractivity contribution in [1.82, 2.24) is 29.4 Å². The van der Waals surface area contributed by atoms with Gasteiger partial charge < -0.3 is 60.7 Å². The van der Waals surface area contributed by atoms with E-state index in [0.29, 0.717) is 98.2 Å².